The molecule has 6 nitrogen and oxygen atoms in total. The molecule has 0 radical (unpaired) electrons. The Hall–Kier alpha value is -2.41. The van der Waals surface area contributed by atoms with Gasteiger partial charge in [0.05, 0.1) is 5.56 Å². The molecule has 1 aliphatic heterocycles. The van der Waals surface area contributed by atoms with Crippen LogP contribution in [0.15, 0.2) is 24.3 Å². The number of rotatable bonds is 3. The Balaban J connectivity index is 2.07. The Morgan fingerprint density at radius 2 is 1.95 bits per heavy atom. The molecule has 1 fully saturated rings. The van der Waals surface area contributed by atoms with Crippen LogP contribution in [-0.2, 0) is 0 Å². The van der Waals surface area contributed by atoms with Crippen LogP contribution in [0.2, 0.25) is 0 Å². The van der Waals surface area contributed by atoms with Crippen LogP contribution < -0.4 is 21.7 Å². The van der Waals surface area contributed by atoms with Crippen molar-refractivity contribution in [1.82, 2.24) is 15.3 Å². The summed E-state index contributed by atoms with van der Waals surface area (Å²) in [7, 11) is 1.94. The van der Waals surface area contributed by atoms with Gasteiger partial charge in [-0.3, -0.25) is 0 Å². The summed E-state index contributed by atoms with van der Waals surface area (Å²) in [6.07, 6.45) is 1.02. The van der Waals surface area contributed by atoms with Crippen molar-refractivity contribution in [2.75, 3.05) is 36.5 Å². The first kappa shape index (κ1) is 14.5. The quantitative estimate of drug-likeness (QED) is 0.790. The van der Waals surface area contributed by atoms with Crippen molar-refractivity contribution in [2.45, 2.75) is 12.5 Å². The monoisotopic (exact) mass is 302 g/mol. The Kier molecular flexibility index (Phi) is 3.81. The van der Waals surface area contributed by atoms with E-state index in [-0.39, 0.29) is 11.8 Å². The van der Waals surface area contributed by atoms with Crippen LogP contribution in [0.3, 0.4) is 0 Å². The minimum atomic E-state index is -0.295. The van der Waals surface area contributed by atoms with Crippen molar-refractivity contribution in [2.24, 2.45) is 0 Å². The van der Waals surface area contributed by atoms with E-state index in [0.717, 1.165) is 25.1 Å². The van der Waals surface area contributed by atoms with E-state index in [0.29, 0.717) is 23.2 Å². The van der Waals surface area contributed by atoms with Gasteiger partial charge in [0, 0.05) is 19.1 Å². The van der Waals surface area contributed by atoms with E-state index in [2.05, 4.69) is 20.2 Å². The largest absolute Gasteiger partial charge is 0.383 e. The summed E-state index contributed by atoms with van der Waals surface area (Å²) in [4.78, 5) is 10.6. The number of hydrogen-bond donors (Lipinski definition) is 3. The van der Waals surface area contributed by atoms with Gasteiger partial charge in [-0.1, -0.05) is 12.1 Å². The smallest absolute Gasteiger partial charge is 0.223 e. The molecule has 0 aliphatic carbocycles. The second kappa shape index (κ2) is 5.76. The van der Waals surface area contributed by atoms with Gasteiger partial charge in [-0.25, -0.2) is 4.39 Å². The third-order valence-electron chi connectivity index (χ3n) is 3.96. The van der Waals surface area contributed by atoms with Gasteiger partial charge in [0.15, 0.2) is 0 Å². The van der Waals surface area contributed by atoms with Gasteiger partial charge in [-0.05, 0) is 31.2 Å². The molecule has 0 amide bonds. The Labute approximate surface area is 128 Å². The average Bonchev–Trinajstić information content (AvgIpc) is 2.97. The number of nitrogen functional groups attached to an aromatic ring is 2. The molecule has 7 heteroatoms. The van der Waals surface area contributed by atoms with Crippen molar-refractivity contribution >= 4 is 17.6 Å². The number of hydrogen-bond acceptors (Lipinski definition) is 6. The molecule has 1 aliphatic rings. The van der Waals surface area contributed by atoms with Crippen molar-refractivity contribution in [1.29, 1.82) is 0 Å². The van der Waals surface area contributed by atoms with E-state index in [9.17, 15) is 4.39 Å². The van der Waals surface area contributed by atoms with Crippen molar-refractivity contribution < 1.29 is 4.39 Å². The SMILES string of the molecule is CN[C@H]1CCN(c2nc(N)nc(N)c2-c2ccc(F)cc2)C1. The fourth-order valence-corrected chi connectivity index (χ4v) is 2.79. The van der Waals surface area contributed by atoms with E-state index in [4.69, 9.17) is 11.5 Å². The Morgan fingerprint density at radius 3 is 2.59 bits per heavy atom. The molecule has 2 heterocycles. The van der Waals surface area contributed by atoms with E-state index < -0.39 is 0 Å². The van der Waals surface area contributed by atoms with Crippen molar-refractivity contribution in [3.05, 3.63) is 30.1 Å². The molecule has 1 aromatic carbocycles. The second-order valence-corrected chi connectivity index (χ2v) is 5.39. The molecule has 1 aromatic heterocycles. The van der Waals surface area contributed by atoms with Crippen LogP contribution in [0.25, 0.3) is 11.1 Å². The molecule has 116 valence electrons. The summed E-state index contributed by atoms with van der Waals surface area (Å²) in [5, 5.41) is 3.26. The van der Waals surface area contributed by atoms with Crippen molar-refractivity contribution in [3.8, 4) is 11.1 Å². The van der Waals surface area contributed by atoms with E-state index in [1.807, 2.05) is 7.05 Å². The van der Waals surface area contributed by atoms with Crippen molar-refractivity contribution in [3.63, 3.8) is 0 Å². The first-order chi connectivity index (χ1) is 10.6. The summed E-state index contributed by atoms with van der Waals surface area (Å²) in [5.41, 5.74) is 13.3. The molecular formula is C15H19FN6. The third-order valence-corrected chi connectivity index (χ3v) is 3.96. The zero-order chi connectivity index (χ0) is 15.7. The lowest BCUT2D eigenvalue weighted by Crippen LogP contribution is -2.30. The fraction of sp³-hybridized carbons (Fsp3) is 0.333. The van der Waals surface area contributed by atoms with Crippen LogP contribution in [0.4, 0.5) is 22.0 Å². The van der Waals surface area contributed by atoms with Gasteiger partial charge >= 0.3 is 0 Å². The van der Waals surface area contributed by atoms with Crippen LogP contribution in [0.1, 0.15) is 6.42 Å². The molecule has 1 saturated heterocycles. The normalized spacial score (nSPS) is 17.9. The summed E-state index contributed by atoms with van der Waals surface area (Å²) >= 11 is 0. The maximum atomic E-state index is 13.2. The highest BCUT2D eigenvalue weighted by Gasteiger charge is 2.26. The summed E-state index contributed by atoms with van der Waals surface area (Å²) in [6.45, 7) is 1.68. The lowest BCUT2D eigenvalue weighted by atomic mass is 10.1. The highest BCUT2D eigenvalue weighted by molar-refractivity contribution is 5.85. The van der Waals surface area contributed by atoms with E-state index in [1.165, 1.54) is 12.1 Å². The maximum Gasteiger partial charge on any atom is 0.223 e. The van der Waals surface area contributed by atoms with Gasteiger partial charge in [-0.2, -0.15) is 9.97 Å². The van der Waals surface area contributed by atoms with E-state index in [1.54, 1.807) is 12.1 Å². The van der Waals surface area contributed by atoms with Crippen LogP contribution in [0, 0.1) is 5.82 Å². The van der Waals surface area contributed by atoms with Gasteiger partial charge in [0.2, 0.25) is 5.95 Å². The zero-order valence-electron chi connectivity index (χ0n) is 12.4. The third kappa shape index (κ3) is 2.67. The van der Waals surface area contributed by atoms with Gasteiger partial charge in [0.25, 0.3) is 0 Å². The van der Waals surface area contributed by atoms with Crippen LogP contribution >= 0.6 is 0 Å². The van der Waals surface area contributed by atoms with Gasteiger partial charge in [0.1, 0.15) is 17.5 Å². The highest BCUT2D eigenvalue weighted by atomic mass is 19.1. The molecular weight excluding hydrogens is 283 g/mol. The summed E-state index contributed by atoms with van der Waals surface area (Å²) in [6, 6.07) is 6.55. The lowest BCUT2D eigenvalue weighted by molar-refractivity contribution is 0.616. The molecule has 0 unspecified atom stereocenters. The first-order valence-corrected chi connectivity index (χ1v) is 7.19. The minimum Gasteiger partial charge on any atom is -0.383 e. The lowest BCUT2D eigenvalue weighted by Gasteiger charge is -2.22. The number of benzene rings is 1. The number of likely N-dealkylation sites (N-methyl/N-ethyl adjacent to an activating group) is 1. The summed E-state index contributed by atoms with van der Waals surface area (Å²) < 4.78 is 13.2. The molecule has 0 bridgehead atoms. The average molecular weight is 302 g/mol. The molecule has 2 aromatic rings. The molecule has 0 saturated carbocycles. The predicted octanol–water partition coefficient (Wildman–Crippen LogP) is 1.25. The minimum absolute atomic E-state index is 0.145. The number of aromatic nitrogens is 2. The number of nitrogens with one attached hydrogen (secondary N) is 1. The molecule has 0 spiro atoms. The first-order valence-electron chi connectivity index (χ1n) is 7.19. The maximum absolute atomic E-state index is 13.2. The number of nitrogens with zero attached hydrogens (tertiary/aromatic N) is 3. The predicted molar refractivity (Wildman–Crippen MR) is 85.9 cm³/mol. The molecule has 5 N–H and O–H groups in total. The van der Waals surface area contributed by atoms with Gasteiger partial charge in [-0.15, -0.1) is 0 Å². The molecule has 22 heavy (non-hydrogen) atoms. The van der Waals surface area contributed by atoms with E-state index >= 15 is 0 Å². The fourth-order valence-electron chi connectivity index (χ4n) is 2.79. The second-order valence-electron chi connectivity index (χ2n) is 5.39. The van der Waals surface area contributed by atoms with Gasteiger partial charge < -0.3 is 21.7 Å². The van der Waals surface area contributed by atoms with Crippen LogP contribution in [0.5, 0.6) is 0 Å². The Morgan fingerprint density at radius 1 is 1.23 bits per heavy atom. The standard InChI is InChI=1S/C15H19FN6/c1-19-11-6-7-22(8-11)14-12(13(17)20-15(18)21-14)9-2-4-10(16)5-3-9/h2-5,11,19H,6-8H2,1H3,(H4,17,18,20,21)/t11-/m0/s1. The Bertz CT molecular complexity index is 672. The number of halogens is 1. The summed E-state index contributed by atoms with van der Waals surface area (Å²) in [5.74, 6) is 0.860. The number of nitrogens with two attached hydrogens (primary N) is 2. The zero-order valence-corrected chi connectivity index (χ0v) is 12.4. The molecule has 3 rings (SSSR count). The highest BCUT2D eigenvalue weighted by Crippen LogP contribution is 2.35. The number of anilines is 3. The van der Waals surface area contributed by atoms with Crippen LogP contribution in [-0.4, -0.2) is 36.1 Å². The topological polar surface area (TPSA) is 93.1 Å². The molecule has 1 atom stereocenters.